The van der Waals surface area contributed by atoms with Crippen LogP contribution in [0.3, 0.4) is 0 Å². The molecule has 0 spiro atoms. The fourth-order valence-electron chi connectivity index (χ4n) is 1.38. The highest BCUT2D eigenvalue weighted by Gasteiger charge is 2.28. The topological polar surface area (TPSA) is 55.0 Å². The molecule has 1 aliphatic carbocycles. The van der Waals surface area contributed by atoms with Gasteiger partial charge in [0.2, 0.25) is 0 Å². The molecule has 0 saturated heterocycles. The minimum atomic E-state index is -0.0891. The maximum absolute atomic E-state index is 11.4. The predicted molar refractivity (Wildman–Crippen MR) is 48.1 cm³/mol. The Kier molecular flexibility index (Phi) is 1.83. The second kappa shape index (κ2) is 2.87. The Balaban J connectivity index is 2.52. The third-order valence-electron chi connectivity index (χ3n) is 2.32. The van der Waals surface area contributed by atoms with Gasteiger partial charge in [0.05, 0.1) is 12.8 Å². The first kappa shape index (κ1) is 8.29. The largest absolute Gasteiger partial charge is 0.468 e. The van der Waals surface area contributed by atoms with Crippen LogP contribution in [0.2, 0.25) is 0 Å². The smallest absolute Gasteiger partial charge is 0.296 e. The summed E-state index contributed by atoms with van der Waals surface area (Å²) in [7, 11) is 1.50. The zero-order valence-corrected chi connectivity index (χ0v) is 7.76. The fraction of sp³-hybridized carbons (Fsp3) is 0.556. The second-order valence-electron chi connectivity index (χ2n) is 3.36. The van der Waals surface area contributed by atoms with Crippen LogP contribution in [0, 0.1) is 6.92 Å². The summed E-state index contributed by atoms with van der Waals surface area (Å²) in [5.74, 6) is 0.483. The van der Waals surface area contributed by atoms with Gasteiger partial charge in [0, 0.05) is 11.5 Å². The lowest BCUT2D eigenvalue weighted by Gasteiger charge is -2.04. The molecule has 1 aliphatic rings. The van der Waals surface area contributed by atoms with Crippen molar-refractivity contribution in [1.29, 1.82) is 0 Å². The summed E-state index contributed by atoms with van der Waals surface area (Å²) in [5, 5.41) is 0. The number of H-pyrrole nitrogens is 1. The maximum Gasteiger partial charge on any atom is 0.296 e. The molecule has 0 unspecified atom stereocenters. The SMILES string of the molecule is COc1nc(C2CC2)c(C)c(=O)[nH]1. The van der Waals surface area contributed by atoms with E-state index in [9.17, 15) is 4.79 Å². The van der Waals surface area contributed by atoms with Crippen LogP contribution in [0.15, 0.2) is 4.79 Å². The molecule has 1 N–H and O–H groups in total. The number of nitrogens with one attached hydrogen (secondary N) is 1. The Morgan fingerprint density at radius 1 is 1.54 bits per heavy atom. The highest BCUT2D eigenvalue weighted by atomic mass is 16.5. The zero-order valence-electron chi connectivity index (χ0n) is 7.76. The summed E-state index contributed by atoms with van der Waals surface area (Å²) in [6, 6.07) is 0.317. The number of hydrogen-bond donors (Lipinski definition) is 1. The van der Waals surface area contributed by atoms with Crippen LogP contribution in [0.5, 0.6) is 6.01 Å². The van der Waals surface area contributed by atoms with Crippen molar-refractivity contribution in [3.63, 3.8) is 0 Å². The van der Waals surface area contributed by atoms with Gasteiger partial charge >= 0.3 is 0 Å². The van der Waals surface area contributed by atoms with Gasteiger partial charge in [-0.25, -0.2) is 4.98 Å². The number of nitrogens with zero attached hydrogens (tertiary/aromatic N) is 1. The molecule has 1 aromatic rings. The normalized spacial score (nSPS) is 15.8. The molecular formula is C9H12N2O2. The lowest BCUT2D eigenvalue weighted by Crippen LogP contribution is -2.15. The van der Waals surface area contributed by atoms with Gasteiger partial charge in [-0.3, -0.25) is 9.78 Å². The molecule has 4 nitrogen and oxygen atoms in total. The van der Waals surface area contributed by atoms with Crippen molar-refractivity contribution in [1.82, 2.24) is 9.97 Å². The molecule has 0 atom stereocenters. The number of rotatable bonds is 2. The van der Waals surface area contributed by atoms with Crippen molar-refractivity contribution in [2.45, 2.75) is 25.7 Å². The Bertz CT molecular complexity index is 380. The van der Waals surface area contributed by atoms with Gasteiger partial charge in [-0.2, -0.15) is 0 Å². The molecule has 1 saturated carbocycles. The summed E-state index contributed by atoms with van der Waals surface area (Å²) in [6.45, 7) is 1.80. The molecule has 1 aromatic heterocycles. The van der Waals surface area contributed by atoms with Crippen molar-refractivity contribution in [2.75, 3.05) is 7.11 Å². The van der Waals surface area contributed by atoms with Crippen LogP contribution in [0.4, 0.5) is 0 Å². The third kappa shape index (κ3) is 1.43. The van der Waals surface area contributed by atoms with Gasteiger partial charge in [0.1, 0.15) is 0 Å². The molecule has 1 heterocycles. The lowest BCUT2D eigenvalue weighted by atomic mass is 10.2. The van der Waals surface area contributed by atoms with Gasteiger partial charge in [0.15, 0.2) is 0 Å². The van der Waals surface area contributed by atoms with Crippen LogP contribution in [0.1, 0.15) is 30.0 Å². The Morgan fingerprint density at radius 2 is 2.23 bits per heavy atom. The van der Waals surface area contributed by atoms with Gasteiger partial charge < -0.3 is 4.74 Å². The maximum atomic E-state index is 11.4. The molecule has 0 bridgehead atoms. The molecule has 0 radical (unpaired) electrons. The van der Waals surface area contributed by atoms with E-state index >= 15 is 0 Å². The van der Waals surface area contributed by atoms with E-state index in [1.165, 1.54) is 7.11 Å². The van der Waals surface area contributed by atoms with Crippen molar-refractivity contribution >= 4 is 0 Å². The number of aromatic amines is 1. The molecule has 13 heavy (non-hydrogen) atoms. The average molecular weight is 180 g/mol. The van der Waals surface area contributed by atoms with Crippen LogP contribution in [-0.4, -0.2) is 17.1 Å². The summed E-state index contributed by atoms with van der Waals surface area (Å²) in [6.07, 6.45) is 2.28. The minimum absolute atomic E-state index is 0.0891. The summed E-state index contributed by atoms with van der Waals surface area (Å²) in [5.41, 5.74) is 1.54. The first-order chi connectivity index (χ1) is 6.22. The Morgan fingerprint density at radius 3 is 2.77 bits per heavy atom. The molecule has 0 amide bonds. The van der Waals surface area contributed by atoms with E-state index in [0.29, 0.717) is 11.9 Å². The number of ether oxygens (including phenoxy) is 1. The molecule has 1 fully saturated rings. The molecule has 70 valence electrons. The quantitative estimate of drug-likeness (QED) is 0.737. The van der Waals surface area contributed by atoms with Crippen LogP contribution >= 0.6 is 0 Å². The van der Waals surface area contributed by atoms with Crippen LogP contribution in [-0.2, 0) is 0 Å². The Hall–Kier alpha value is -1.32. The van der Waals surface area contributed by atoms with Crippen molar-refractivity contribution in [2.24, 2.45) is 0 Å². The number of methoxy groups -OCH3 is 1. The zero-order chi connectivity index (χ0) is 9.42. The average Bonchev–Trinajstić information content (AvgIpc) is 2.92. The predicted octanol–water partition coefficient (Wildman–Crippen LogP) is 0.964. The van der Waals surface area contributed by atoms with Crippen LogP contribution < -0.4 is 10.3 Å². The first-order valence-electron chi connectivity index (χ1n) is 4.37. The summed E-state index contributed by atoms with van der Waals surface area (Å²) < 4.78 is 4.90. The highest BCUT2D eigenvalue weighted by molar-refractivity contribution is 5.24. The summed E-state index contributed by atoms with van der Waals surface area (Å²) in [4.78, 5) is 18.2. The fourth-order valence-corrected chi connectivity index (χ4v) is 1.38. The monoisotopic (exact) mass is 180 g/mol. The van der Waals surface area contributed by atoms with E-state index < -0.39 is 0 Å². The third-order valence-corrected chi connectivity index (χ3v) is 2.32. The van der Waals surface area contributed by atoms with Crippen molar-refractivity contribution in [3.05, 3.63) is 21.6 Å². The van der Waals surface area contributed by atoms with E-state index in [0.717, 1.165) is 24.1 Å². The van der Waals surface area contributed by atoms with E-state index in [1.807, 2.05) is 0 Å². The van der Waals surface area contributed by atoms with E-state index in [4.69, 9.17) is 4.74 Å². The molecule has 2 rings (SSSR count). The van der Waals surface area contributed by atoms with Crippen molar-refractivity contribution in [3.8, 4) is 6.01 Å². The van der Waals surface area contributed by atoms with Crippen LogP contribution in [0.25, 0.3) is 0 Å². The molecule has 4 heteroatoms. The van der Waals surface area contributed by atoms with E-state index in [2.05, 4.69) is 9.97 Å². The number of aromatic nitrogens is 2. The standard InChI is InChI=1S/C9H12N2O2/c1-5-7(6-3-4-6)10-9(13-2)11-8(5)12/h6H,3-4H2,1-2H3,(H,10,11,12). The van der Waals surface area contributed by atoms with Gasteiger partial charge in [-0.05, 0) is 19.8 Å². The Labute approximate surface area is 76.0 Å². The number of hydrogen-bond acceptors (Lipinski definition) is 3. The minimum Gasteiger partial charge on any atom is -0.468 e. The molecule has 0 aromatic carbocycles. The molecular weight excluding hydrogens is 168 g/mol. The van der Waals surface area contributed by atoms with E-state index in [1.54, 1.807) is 6.92 Å². The van der Waals surface area contributed by atoms with E-state index in [-0.39, 0.29) is 5.56 Å². The first-order valence-corrected chi connectivity index (χ1v) is 4.37. The van der Waals surface area contributed by atoms with Gasteiger partial charge in [-0.15, -0.1) is 0 Å². The van der Waals surface area contributed by atoms with Crippen molar-refractivity contribution < 1.29 is 4.74 Å². The van der Waals surface area contributed by atoms with Gasteiger partial charge in [0.25, 0.3) is 11.6 Å². The highest BCUT2D eigenvalue weighted by Crippen LogP contribution is 2.39. The summed E-state index contributed by atoms with van der Waals surface area (Å²) >= 11 is 0. The molecule has 0 aliphatic heterocycles. The lowest BCUT2D eigenvalue weighted by molar-refractivity contribution is 0.376. The second-order valence-corrected chi connectivity index (χ2v) is 3.36. The van der Waals surface area contributed by atoms with Gasteiger partial charge in [-0.1, -0.05) is 0 Å².